The van der Waals surface area contributed by atoms with E-state index in [0.717, 1.165) is 11.3 Å². The maximum absolute atomic E-state index is 11.5. The van der Waals surface area contributed by atoms with Gasteiger partial charge in [-0.15, -0.1) is 0 Å². The van der Waals surface area contributed by atoms with E-state index in [9.17, 15) is 4.79 Å². The van der Waals surface area contributed by atoms with E-state index in [1.54, 1.807) is 18.3 Å². The lowest BCUT2D eigenvalue weighted by Crippen LogP contribution is -2.07. The monoisotopic (exact) mass is 271 g/mol. The van der Waals surface area contributed by atoms with Crippen LogP contribution >= 0.6 is 0 Å². The zero-order valence-corrected chi connectivity index (χ0v) is 11.8. The number of ether oxygens (including phenoxy) is 2. The van der Waals surface area contributed by atoms with Crippen LogP contribution in [-0.4, -0.2) is 18.1 Å². The smallest absolute Gasteiger partial charge is 0.337 e. The Balaban J connectivity index is 2.22. The molecular weight excluding hydrogens is 254 g/mol. The van der Waals surface area contributed by atoms with Crippen LogP contribution in [0.5, 0.6) is 5.75 Å². The van der Waals surface area contributed by atoms with Gasteiger partial charge in [-0.25, -0.2) is 4.79 Å². The summed E-state index contributed by atoms with van der Waals surface area (Å²) in [5.41, 5.74) is 2.28. The van der Waals surface area contributed by atoms with E-state index in [2.05, 4.69) is 4.98 Å². The first kappa shape index (κ1) is 14.1. The van der Waals surface area contributed by atoms with Crippen molar-refractivity contribution in [3.8, 4) is 5.75 Å². The average molecular weight is 271 g/mol. The van der Waals surface area contributed by atoms with E-state index in [0.29, 0.717) is 11.3 Å². The van der Waals surface area contributed by atoms with Gasteiger partial charge in [0.15, 0.2) is 0 Å². The number of methoxy groups -OCH3 is 1. The highest BCUT2D eigenvalue weighted by molar-refractivity contribution is 5.89. The summed E-state index contributed by atoms with van der Waals surface area (Å²) in [5, 5.41) is 0. The normalized spacial score (nSPS) is 11.8. The molecule has 0 radical (unpaired) electrons. The third-order valence-corrected chi connectivity index (χ3v) is 3.02. The van der Waals surface area contributed by atoms with Crippen LogP contribution in [-0.2, 0) is 4.74 Å². The lowest BCUT2D eigenvalue weighted by atomic mass is 10.1. The maximum Gasteiger partial charge on any atom is 0.337 e. The van der Waals surface area contributed by atoms with Gasteiger partial charge in [-0.2, -0.15) is 0 Å². The van der Waals surface area contributed by atoms with Crippen LogP contribution in [0.15, 0.2) is 42.6 Å². The van der Waals surface area contributed by atoms with Gasteiger partial charge in [0.25, 0.3) is 0 Å². The summed E-state index contributed by atoms with van der Waals surface area (Å²) in [7, 11) is 1.36. The SMILES string of the molecule is COC(=O)c1ccc(C)c(OC(C)c2ccccn2)c1. The summed E-state index contributed by atoms with van der Waals surface area (Å²) in [4.78, 5) is 15.8. The number of benzene rings is 1. The van der Waals surface area contributed by atoms with Crippen molar-refractivity contribution in [2.45, 2.75) is 20.0 Å². The van der Waals surface area contributed by atoms with Crippen molar-refractivity contribution < 1.29 is 14.3 Å². The number of pyridine rings is 1. The van der Waals surface area contributed by atoms with Gasteiger partial charge >= 0.3 is 5.97 Å². The standard InChI is InChI=1S/C16H17NO3/c1-11-7-8-13(16(18)19-3)10-15(11)20-12(2)14-6-4-5-9-17-14/h4-10,12H,1-3H3. The Kier molecular flexibility index (Phi) is 4.35. The summed E-state index contributed by atoms with van der Waals surface area (Å²) in [6, 6.07) is 10.9. The predicted octanol–water partition coefficient (Wildman–Crippen LogP) is 3.32. The molecule has 0 saturated heterocycles. The van der Waals surface area contributed by atoms with Crippen molar-refractivity contribution in [3.05, 3.63) is 59.4 Å². The molecule has 1 heterocycles. The Bertz CT molecular complexity index is 596. The molecule has 0 spiro atoms. The summed E-state index contributed by atoms with van der Waals surface area (Å²) in [6.45, 7) is 3.86. The van der Waals surface area contributed by atoms with Gasteiger partial charge in [0.05, 0.1) is 18.4 Å². The van der Waals surface area contributed by atoms with Gasteiger partial charge in [0, 0.05) is 6.20 Å². The maximum atomic E-state index is 11.5. The lowest BCUT2D eigenvalue weighted by molar-refractivity contribution is 0.0600. The molecule has 0 aliphatic heterocycles. The number of carbonyl (C=O) groups excluding carboxylic acids is 1. The van der Waals surface area contributed by atoms with Gasteiger partial charge in [-0.05, 0) is 43.7 Å². The number of carbonyl (C=O) groups is 1. The third kappa shape index (κ3) is 3.15. The van der Waals surface area contributed by atoms with Crippen LogP contribution in [0.4, 0.5) is 0 Å². The highest BCUT2D eigenvalue weighted by Gasteiger charge is 2.13. The van der Waals surface area contributed by atoms with Crippen LogP contribution in [0.3, 0.4) is 0 Å². The van der Waals surface area contributed by atoms with Crippen molar-refractivity contribution in [2.75, 3.05) is 7.11 Å². The number of esters is 1. The predicted molar refractivity (Wildman–Crippen MR) is 75.8 cm³/mol. The second-order valence-electron chi connectivity index (χ2n) is 4.49. The van der Waals surface area contributed by atoms with Crippen LogP contribution < -0.4 is 4.74 Å². The van der Waals surface area contributed by atoms with Crippen molar-refractivity contribution >= 4 is 5.97 Å². The van der Waals surface area contributed by atoms with Crippen molar-refractivity contribution in [2.24, 2.45) is 0 Å². The van der Waals surface area contributed by atoms with Gasteiger partial charge in [-0.1, -0.05) is 12.1 Å². The zero-order chi connectivity index (χ0) is 14.5. The minimum absolute atomic E-state index is 0.192. The fraction of sp³-hybridized carbons (Fsp3) is 0.250. The molecule has 104 valence electrons. The lowest BCUT2D eigenvalue weighted by Gasteiger charge is -2.16. The number of hydrogen-bond donors (Lipinski definition) is 0. The van der Waals surface area contributed by atoms with Gasteiger partial charge in [0.2, 0.25) is 0 Å². The van der Waals surface area contributed by atoms with Gasteiger partial charge < -0.3 is 9.47 Å². The van der Waals surface area contributed by atoms with Crippen molar-refractivity contribution in [3.63, 3.8) is 0 Å². The van der Waals surface area contributed by atoms with E-state index in [-0.39, 0.29) is 12.1 Å². The van der Waals surface area contributed by atoms with E-state index in [1.165, 1.54) is 7.11 Å². The molecule has 1 aromatic heterocycles. The molecular formula is C16H17NO3. The van der Waals surface area contributed by atoms with Crippen LogP contribution in [0, 0.1) is 6.92 Å². The van der Waals surface area contributed by atoms with Crippen LogP contribution in [0.1, 0.15) is 34.6 Å². The van der Waals surface area contributed by atoms with E-state index < -0.39 is 0 Å². The molecule has 1 atom stereocenters. The molecule has 4 heteroatoms. The zero-order valence-electron chi connectivity index (χ0n) is 11.8. The number of aryl methyl sites for hydroxylation is 1. The highest BCUT2D eigenvalue weighted by Crippen LogP contribution is 2.25. The Hall–Kier alpha value is -2.36. The molecule has 2 rings (SSSR count). The molecule has 4 nitrogen and oxygen atoms in total. The van der Waals surface area contributed by atoms with E-state index >= 15 is 0 Å². The minimum atomic E-state index is -0.375. The first-order chi connectivity index (χ1) is 9.61. The van der Waals surface area contributed by atoms with Crippen LogP contribution in [0.2, 0.25) is 0 Å². The second-order valence-corrected chi connectivity index (χ2v) is 4.49. The van der Waals surface area contributed by atoms with Gasteiger partial charge in [0.1, 0.15) is 11.9 Å². The summed E-state index contributed by atoms with van der Waals surface area (Å²) in [5.74, 6) is 0.284. The molecule has 0 bridgehead atoms. The topological polar surface area (TPSA) is 48.4 Å². The third-order valence-electron chi connectivity index (χ3n) is 3.02. The number of nitrogens with zero attached hydrogens (tertiary/aromatic N) is 1. The highest BCUT2D eigenvalue weighted by atomic mass is 16.5. The second kappa shape index (κ2) is 6.19. The first-order valence-electron chi connectivity index (χ1n) is 6.38. The minimum Gasteiger partial charge on any atom is -0.484 e. The van der Waals surface area contributed by atoms with E-state index in [1.807, 2.05) is 38.1 Å². The molecule has 0 saturated carbocycles. The fourth-order valence-electron chi connectivity index (χ4n) is 1.84. The largest absolute Gasteiger partial charge is 0.484 e. The summed E-state index contributed by atoms with van der Waals surface area (Å²) in [6.07, 6.45) is 1.54. The Morgan fingerprint density at radius 3 is 2.70 bits per heavy atom. The molecule has 1 unspecified atom stereocenters. The molecule has 0 amide bonds. The quantitative estimate of drug-likeness (QED) is 0.800. The average Bonchev–Trinajstić information content (AvgIpc) is 2.49. The van der Waals surface area contributed by atoms with Crippen LogP contribution in [0.25, 0.3) is 0 Å². The molecule has 1 aromatic carbocycles. The van der Waals surface area contributed by atoms with Crippen molar-refractivity contribution in [1.29, 1.82) is 0 Å². The Morgan fingerprint density at radius 1 is 1.25 bits per heavy atom. The van der Waals surface area contributed by atoms with Gasteiger partial charge in [-0.3, -0.25) is 4.98 Å². The number of aromatic nitrogens is 1. The van der Waals surface area contributed by atoms with Crippen molar-refractivity contribution in [1.82, 2.24) is 4.98 Å². The van der Waals surface area contributed by atoms with E-state index in [4.69, 9.17) is 9.47 Å². The summed E-state index contributed by atoms with van der Waals surface area (Å²) < 4.78 is 10.6. The number of hydrogen-bond acceptors (Lipinski definition) is 4. The Labute approximate surface area is 118 Å². The summed E-state index contributed by atoms with van der Waals surface area (Å²) >= 11 is 0. The fourth-order valence-corrected chi connectivity index (χ4v) is 1.84. The molecule has 0 aliphatic carbocycles. The number of rotatable bonds is 4. The first-order valence-corrected chi connectivity index (χ1v) is 6.38. The molecule has 0 aliphatic rings. The Morgan fingerprint density at radius 2 is 2.05 bits per heavy atom. The molecule has 2 aromatic rings. The molecule has 0 fully saturated rings. The molecule has 0 N–H and O–H groups in total. The molecule has 20 heavy (non-hydrogen) atoms.